The summed E-state index contributed by atoms with van der Waals surface area (Å²) < 4.78 is 0. The molecule has 1 aliphatic heterocycles. The Balaban J connectivity index is 2.08. The molecule has 2 aliphatic rings. The van der Waals surface area contributed by atoms with Crippen LogP contribution in [0.4, 0.5) is 0 Å². The molecule has 1 saturated heterocycles. The lowest BCUT2D eigenvalue weighted by molar-refractivity contribution is -0.190. The second-order valence-electron chi connectivity index (χ2n) is 5.79. The lowest BCUT2D eigenvalue weighted by atomic mass is 9.77. The molecular weight excluding hydrogens is 214 g/mol. The number of ketones is 1. The van der Waals surface area contributed by atoms with Crippen molar-refractivity contribution in [2.45, 2.75) is 76.2 Å². The molecule has 1 N–H and O–H groups in total. The van der Waals surface area contributed by atoms with Crippen LogP contribution in [0.3, 0.4) is 0 Å². The Kier molecular flexibility index (Phi) is 4.57. The van der Waals surface area contributed by atoms with Gasteiger partial charge in [0.05, 0.1) is 5.54 Å². The molecule has 0 amide bonds. The van der Waals surface area contributed by atoms with Gasteiger partial charge in [0, 0.05) is 19.4 Å². The van der Waals surface area contributed by atoms with Crippen molar-refractivity contribution in [3.05, 3.63) is 0 Å². The summed E-state index contributed by atoms with van der Waals surface area (Å²) in [4.78, 5) is 12.0. The Labute approximate surface area is 104 Å². The fourth-order valence-electron chi connectivity index (χ4n) is 3.37. The number of nitrogens with zero attached hydrogens (tertiary/aromatic N) is 1. The van der Waals surface area contributed by atoms with Crippen LogP contribution in [0.25, 0.3) is 0 Å². The van der Waals surface area contributed by atoms with Crippen LogP contribution < -0.4 is 0 Å². The van der Waals surface area contributed by atoms with Crippen molar-refractivity contribution < 1.29 is 10.0 Å². The van der Waals surface area contributed by atoms with E-state index in [0.717, 1.165) is 64.3 Å². The summed E-state index contributed by atoms with van der Waals surface area (Å²) in [7, 11) is 0. The van der Waals surface area contributed by atoms with Gasteiger partial charge < -0.3 is 5.21 Å². The number of hydrogen-bond acceptors (Lipinski definition) is 3. The average molecular weight is 239 g/mol. The van der Waals surface area contributed by atoms with E-state index < -0.39 is 0 Å². The molecular formula is C14H25NO2. The SMILES string of the molecule is O=C1CCCCCCN(O)C2(CCCCC2)C1. The van der Waals surface area contributed by atoms with Crippen LogP contribution in [-0.4, -0.2) is 28.1 Å². The molecule has 1 spiro atoms. The molecule has 0 aromatic heterocycles. The van der Waals surface area contributed by atoms with E-state index in [-0.39, 0.29) is 5.54 Å². The van der Waals surface area contributed by atoms with Crippen molar-refractivity contribution in [3.63, 3.8) is 0 Å². The molecule has 0 radical (unpaired) electrons. The summed E-state index contributed by atoms with van der Waals surface area (Å²) in [5.74, 6) is 0.354. The first-order chi connectivity index (χ1) is 8.23. The Morgan fingerprint density at radius 1 is 0.941 bits per heavy atom. The Morgan fingerprint density at radius 2 is 1.59 bits per heavy atom. The molecule has 3 nitrogen and oxygen atoms in total. The Morgan fingerprint density at radius 3 is 2.35 bits per heavy atom. The van der Waals surface area contributed by atoms with E-state index in [0.29, 0.717) is 12.2 Å². The van der Waals surface area contributed by atoms with Crippen molar-refractivity contribution in [1.82, 2.24) is 5.06 Å². The summed E-state index contributed by atoms with van der Waals surface area (Å²) in [5.41, 5.74) is -0.216. The molecule has 0 aromatic carbocycles. The zero-order chi connectivity index (χ0) is 12.1. The monoisotopic (exact) mass is 239 g/mol. The molecule has 1 heterocycles. The fraction of sp³-hybridized carbons (Fsp3) is 0.929. The zero-order valence-electron chi connectivity index (χ0n) is 10.8. The molecule has 2 fully saturated rings. The molecule has 0 aromatic rings. The van der Waals surface area contributed by atoms with Crippen molar-refractivity contribution in [1.29, 1.82) is 0 Å². The number of carbonyl (C=O) groups excluding carboxylic acids is 1. The number of Topliss-reactive ketones (excluding diaryl/α,β-unsaturated/α-hetero) is 1. The van der Waals surface area contributed by atoms with E-state index >= 15 is 0 Å². The molecule has 0 unspecified atom stereocenters. The Bertz CT molecular complexity index is 259. The topological polar surface area (TPSA) is 40.5 Å². The minimum atomic E-state index is -0.216. The van der Waals surface area contributed by atoms with Gasteiger partial charge in [0.1, 0.15) is 5.78 Å². The van der Waals surface area contributed by atoms with Gasteiger partial charge in [-0.1, -0.05) is 32.1 Å². The maximum absolute atomic E-state index is 12.0. The molecule has 0 atom stereocenters. The highest BCUT2D eigenvalue weighted by Gasteiger charge is 2.39. The van der Waals surface area contributed by atoms with Gasteiger partial charge in [-0.3, -0.25) is 4.79 Å². The van der Waals surface area contributed by atoms with Crippen LogP contribution in [0.2, 0.25) is 0 Å². The van der Waals surface area contributed by atoms with Gasteiger partial charge in [-0.25, -0.2) is 0 Å². The van der Waals surface area contributed by atoms with Crippen LogP contribution in [0.1, 0.15) is 70.6 Å². The van der Waals surface area contributed by atoms with E-state index in [1.165, 1.54) is 11.5 Å². The van der Waals surface area contributed by atoms with E-state index in [4.69, 9.17) is 0 Å². The van der Waals surface area contributed by atoms with Crippen molar-refractivity contribution in [2.24, 2.45) is 0 Å². The molecule has 2 rings (SSSR count). The summed E-state index contributed by atoms with van der Waals surface area (Å²) in [6.07, 6.45) is 11.2. The van der Waals surface area contributed by atoms with Crippen LogP contribution in [0, 0.1) is 0 Å². The summed E-state index contributed by atoms with van der Waals surface area (Å²) >= 11 is 0. The van der Waals surface area contributed by atoms with E-state index in [1.807, 2.05) is 0 Å². The van der Waals surface area contributed by atoms with Gasteiger partial charge >= 0.3 is 0 Å². The van der Waals surface area contributed by atoms with Gasteiger partial charge in [0.15, 0.2) is 0 Å². The van der Waals surface area contributed by atoms with Crippen LogP contribution >= 0.6 is 0 Å². The highest BCUT2D eigenvalue weighted by atomic mass is 16.5. The highest BCUT2D eigenvalue weighted by Crippen LogP contribution is 2.37. The first kappa shape index (κ1) is 13.0. The van der Waals surface area contributed by atoms with E-state index in [1.54, 1.807) is 0 Å². The minimum Gasteiger partial charge on any atom is -0.313 e. The largest absolute Gasteiger partial charge is 0.313 e. The van der Waals surface area contributed by atoms with Crippen LogP contribution in [0.5, 0.6) is 0 Å². The smallest absolute Gasteiger partial charge is 0.134 e. The van der Waals surface area contributed by atoms with Crippen molar-refractivity contribution in [3.8, 4) is 0 Å². The first-order valence-electron chi connectivity index (χ1n) is 7.21. The average Bonchev–Trinajstić information content (AvgIpc) is 2.33. The van der Waals surface area contributed by atoms with Gasteiger partial charge in [-0.05, 0) is 25.7 Å². The predicted octanol–water partition coefficient (Wildman–Crippen LogP) is 3.30. The zero-order valence-corrected chi connectivity index (χ0v) is 10.8. The minimum absolute atomic E-state index is 0.216. The summed E-state index contributed by atoms with van der Waals surface area (Å²) in [5, 5.41) is 11.8. The molecule has 1 saturated carbocycles. The van der Waals surface area contributed by atoms with Gasteiger partial charge in [-0.2, -0.15) is 5.06 Å². The van der Waals surface area contributed by atoms with Crippen molar-refractivity contribution in [2.75, 3.05) is 6.54 Å². The maximum Gasteiger partial charge on any atom is 0.134 e. The number of hydrogen-bond donors (Lipinski definition) is 1. The lowest BCUT2D eigenvalue weighted by Gasteiger charge is -2.43. The number of carbonyl (C=O) groups is 1. The highest BCUT2D eigenvalue weighted by molar-refractivity contribution is 5.79. The second kappa shape index (κ2) is 5.96. The molecule has 3 heteroatoms. The van der Waals surface area contributed by atoms with Gasteiger partial charge in [0.25, 0.3) is 0 Å². The van der Waals surface area contributed by atoms with Gasteiger partial charge in [0.2, 0.25) is 0 Å². The molecule has 0 bridgehead atoms. The number of rotatable bonds is 0. The normalized spacial score (nSPS) is 28.2. The first-order valence-corrected chi connectivity index (χ1v) is 7.21. The predicted molar refractivity (Wildman–Crippen MR) is 67.0 cm³/mol. The lowest BCUT2D eigenvalue weighted by Crippen LogP contribution is -2.50. The summed E-state index contributed by atoms with van der Waals surface area (Å²) in [6.45, 7) is 0.743. The third-order valence-corrected chi connectivity index (χ3v) is 4.43. The van der Waals surface area contributed by atoms with Crippen molar-refractivity contribution >= 4 is 5.78 Å². The standard InChI is InChI=1S/C14H25NO2/c16-13-8-4-1-2-7-11-15(17)14(12-13)9-5-3-6-10-14/h17H,1-12H2. The van der Waals surface area contributed by atoms with E-state index in [9.17, 15) is 10.0 Å². The molecule has 98 valence electrons. The quantitative estimate of drug-likeness (QED) is 0.705. The number of hydroxylamine groups is 2. The Hall–Kier alpha value is -0.410. The second-order valence-corrected chi connectivity index (χ2v) is 5.79. The third kappa shape index (κ3) is 3.29. The van der Waals surface area contributed by atoms with Crippen LogP contribution in [-0.2, 0) is 4.79 Å². The fourth-order valence-corrected chi connectivity index (χ4v) is 3.37. The van der Waals surface area contributed by atoms with Gasteiger partial charge in [-0.15, -0.1) is 0 Å². The third-order valence-electron chi connectivity index (χ3n) is 4.43. The molecule has 17 heavy (non-hydrogen) atoms. The molecule has 1 aliphatic carbocycles. The van der Waals surface area contributed by atoms with Crippen LogP contribution in [0.15, 0.2) is 0 Å². The van der Waals surface area contributed by atoms with E-state index in [2.05, 4.69) is 0 Å². The maximum atomic E-state index is 12.0. The summed E-state index contributed by atoms with van der Waals surface area (Å²) in [6, 6.07) is 0.